The lowest BCUT2D eigenvalue weighted by atomic mass is 10.2. The first kappa shape index (κ1) is 21.2. The Labute approximate surface area is 167 Å². The third kappa shape index (κ3) is 6.82. The second-order valence-corrected chi connectivity index (χ2v) is 7.04. The van der Waals surface area contributed by atoms with Crippen molar-refractivity contribution >= 4 is 40.7 Å². The van der Waals surface area contributed by atoms with Gasteiger partial charge in [-0.1, -0.05) is 35.3 Å². The van der Waals surface area contributed by atoms with Crippen molar-refractivity contribution < 1.29 is 14.0 Å². The summed E-state index contributed by atoms with van der Waals surface area (Å²) in [4.78, 5) is 27.5. The Balaban J connectivity index is 1.82. The van der Waals surface area contributed by atoms with E-state index in [4.69, 9.17) is 23.2 Å². The molecule has 0 aliphatic carbocycles. The van der Waals surface area contributed by atoms with Crippen molar-refractivity contribution in [2.24, 2.45) is 0 Å². The molecule has 8 heteroatoms. The Kier molecular flexibility index (Phi) is 7.59. The molecule has 0 saturated heterocycles. The lowest BCUT2D eigenvalue weighted by Crippen LogP contribution is -2.39. The van der Waals surface area contributed by atoms with Crippen molar-refractivity contribution in [2.45, 2.75) is 6.54 Å². The first-order valence-corrected chi connectivity index (χ1v) is 8.92. The molecular formula is C19H20Cl2FN3O2. The van der Waals surface area contributed by atoms with Gasteiger partial charge < -0.3 is 10.2 Å². The monoisotopic (exact) mass is 411 g/mol. The Morgan fingerprint density at radius 2 is 1.78 bits per heavy atom. The maximum atomic E-state index is 13.2. The third-order valence-corrected chi connectivity index (χ3v) is 4.50. The highest BCUT2D eigenvalue weighted by Gasteiger charge is 2.15. The van der Waals surface area contributed by atoms with Gasteiger partial charge in [-0.3, -0.25) is 14.5 Å². The molecule has 1 N–H and O–H groups in total. The van der Waals surface area contributed by atoms with E-state index in [-0.39, 0.29) is 30.7 Å². The second-order valence-electron chi connectivity index (χ2n) is 6.23. The van der Waals surface area contributed by atoms with Crippen LogP contribution in [0, 0.1) is 5.82 Å². The van der Waals surface area contributed by atoms with Crippen molar-refractivity contribution in [3.05, 3.63) is 63.9 Å². The van der Waals surface area contributed by atoms with E-state index in [2.05, 4.69) is 5.32 Å². The molecule has 2 rings (SSSR count). The van der Waals surface area contributed by atoms with E-state index in [1.807, 2.05) is 0 Å². The molecule has 2 aromatic carbocycles. The number of hydrogen-bond donors (Lipinski definition) is 1. The molecule has 0 unspecified atom stereocenters. The molecule has 2 amide bonds. The number of benzene rings is 2. The fourth-order valence-corrected chi connectivity index (χ4v) is 2.72. The van der Waals surface area contributed by atoms with E-state index in [0.29, 0.717) is 27.8 Å². The average Bonchev–Trinajstić information content (AvgIpc) is 2.57. The van der Waals surface area contributed by atoms with Gasteiger partial charge in [-0.15, -0.1) is 0 Å². The zero-order valence-electron chi connectivity index (χ0n) is 15.0. The highest BCUT2D eigenvalue weighted by atomic mass is 35.5. The molecule has 27 heavy (non-hydrogen) atoms. The SMILES string of the molecule is CN(CC(=O)Nc1ccc(Cl)c(Cl)c1)CC(=O)N(C)Cc1cccc(F)c1. The highest BCUT2D eigenvalue weighted by Crippen LogP contribution is 2.24. The van der Waals surface area contributed by atoms with Gasteiger partial charge in [0.15, 0.2) is 0 Å². The fraction of sp³-hybridized carbons (Fsp3) is 0.263. The molecular weight excluding hydrogens is 392 g/mol. The van der Waals surface area contributed by atoms with E-state index in [1.165, 1.54) is 17.0 Å². The minimum absolute atomic E-state index is 0.0276. The number of likely N-dealkylation sites (N-methyl/N-ethyl adjacent to an activating group) is 2. The van der Waals surface area contributed by atoms with Crippen LogP contribution in [0.25, 0.3) is 0 Å². The summed E-state index contributed by atoms with van der Waals surface area (Å²) in [7, 11) is 3.30. The summed E-state index contributed by atoms with van der Waals surface area (Å²) in [6.45, 7) is 0.375. The Hall–Kier alpha value is -2.15. The summed E-state index contributed by atoms with van der Waals surface area (Å²) in [6.07, 6.45) is 0. The summed E-state index contributed by atoms with van der Waals surface area (Å²) in [5, 5.41) is 3.45. The van der Waals surface area contributed by atoms with Crippen molar-refractivity contribution in [1.82, 2.24) is 9.80 Å². The van der Waals surface area contributed by atoms with E-state index in [1.54, 1.807) is 49.3 Å². The van der Waals surface area contributed by atoms with Crippen LogP contribution in [0.15, 0.2) is 42.5 Å². The zero-order chi connectivity index (χ0) is 20.0. The fourth-order valence-electron chi connectivity index (χ4n) is 2.42. The maximum Gasteiger partial charge on any atom is 0.238 e. The highest BCUT2D eigenvalue weighted by molar-refractivity contribution is 6.42. The number of hydrogen-bond acceptors (Lipinski definition) is 3. The quantitative estimate of drug-likeness (QED) is 0.755. The van der Waals surface area contributed by atoms with Crippen molar-refractivity contribution in [3.63, 3.8) is 0 Å². The molecule has 5 nitrogen and oxygen atoms in total. The number of nitrogens with zero attached hydrogens (tertiary/aromatic N) is 2. The van der Waals surface area contributed by atoms with Gasteiger partial charge in [-0.25, -0.2) is 4.39 Å². The topological polar surface area (TPSA) is 52.7 Å². The standard InChI is InChI=1S/C19H20Cl2FN3O2/c1-24(11-18(26)23-15-6-7-16(20)17(21)9-15)12-19(27)25(2)10-13-4-3-5-14(22)8-13/h3-9H,10-12H2,1-2H3,(H,23,26). The number of anilines is 1. The van der Waals surface area contributed by atoms with Gasteiger partial charge in [-0.05, 0) is 42.9 Å². The summed E-state index contributed by atoms with van der Waals surface area (Å²) in [6, 6.07) is 10.9. The Morgan fingerprint density at radius 3 is 2.44 bits per heavy atom. The lowest BCUT2D eigenvalue weighted by Gasteiger charge is -2.21. The third-order valence-electron chi connectivity index (χ3n) is 3.76. The van der Waals surface area contributed by atoms with E-state index in [0.717, 1.165) is 0 Å². The largest absolute Gasteiger partial charge is 0.340 e. The Bertz CT molecular complexity index is 832. The summed E-state index contributed by atoms with van der Waals surface area (Å²) in [5.74, 6) is -0.801. The Morgan fingerprint density at radius 1 is 1.04 bits per heavy atom. The van der Waals surface area contributed by atoms with Crippen molar-refractivity contribution in [3.8, 4) is 0 Å². The first-order chi connectivity index (χ1) is 12.7. The maximum absolute atomic E-state index is 13.2. The van der Waals surface area contributed by atoms with Gasteiger partial charge in [-0.2, -0.15) is 0 Å². The van der Waals surface area contributed by atoms with Crippen LogP contribution in [0.5, 0.6) is 0 Å². The summed E-state index contributed by atoms with van der Waals surface area (Å²) in [5.41, 5.74) is 1.23. The molecule has 0 saturated carbocycles. The van der Waals surface area contributed by atoms with Crippen LogP contribution < -0.4 is 5.32 Å². The van der Waals surface area contributed by atoms with Crippen LogP contribution in [0.3, 0.4) is 0 Å². The predicted octanol–water partition coefficient (Wildman–Crippen LogP) is 3.66. The molecule has 0 aromatic heterocycles. The van der Waals surface area contributed by atoms with E-state index >= 15 is 0 Å². The molecule has 2 aromatic rings. The average molecular weight is 412 g/mol. The van der Waals surface area contributed by atoms with Crippen molar-refractivity contribution in [1.29, 1.82) is 0 Å². The minimum Gasteiger partial charge on any atom is -0.340 e. The van der Waals surface area contributed by atoms with Crippen LogP contribution in [-0.4, -0.2) is 48.8 Å². The summed E-state index contributed by atoms with van der Waals surface area (Å²) >= 11 is 11.8. The van der Waals surface area contributed by atoms with E-state index < -0.39 is 0 Å². The number of amides is 2. The molecule has 0 atom stereocenters. The van der Waals surface area contributed by atoms with Gasteiger partial charge >= 0.3 is 0 Å². The van der Waals surface area contributed by atoms with Gasteiger partial charge in [0.25, 0.3) is 0 Å². The minimum atomic E-state index is -0.343. The van der Waals surface area contributed by atoms with Crippen LogP contribution in [0.4, 0.5) is 10.1 Å². The molecule has 0 aliphatic rings. The molecule has 0 aliphatic heterocycles. The lowest BCUT2D eigenvalue weighted by molar-refractivity contribution is -0.131. The van der Waals surface area contributed by atoms with Crippen molar-refractivity contribution in [2.75, 3.05) is 32.5 Å². The zero-order valence-corrected chi connectivity index (χ0v) is 16.5. The molecule has 0 radical (unpaired) electrons. The molecule has 0 spiro atoms. The van der Waals surface area contributed by atoms with E-state index in [9.17, 15) is 14.0 Å². The number of nitrogens with one attached hydrogen (secondary N) is 1. The van der Waals surface area contributed by atoms with Crippen LogP contribution in [-0.2, 0) is 16.1 Å². The predicted molar refractivity (Wildman–Crippen MR) is 105 cm³/mol. The first-order valence-electron chi connectivity index (χ1n) is 8.16. The summed E-state index contributed by atoms with van der Waals surface area (Å²) < 4.78 is 13.2. The van der Waals surface area contributed by atoms with Crippen LogP contribution in [0.2, 0.25) is 10.0 Å². The van der Waals surface area contributed by atoms with Gasteiger partial charge in [0.05, 0.1) is 23.1 Å². The number of carbonyl (C=O) groups excluding carboxylic acids is 2. The van der Waals surface area contributed by atoms with Crippen LogP contribution >= 0.6 is 23.2 Å². The number of halogens is 3. The smallest absolute Gasteiger partial charge is 0.238 e. The normalized spacial score (nSPS) is 10.7. The number of rotatable bonds is 7. The second kappa shape index (κ2) is 9.69. The van der Waals surface area contributed by atoms with Gasteiger partial charge in [0.1, 0.15) is 5.82 Å². The molecule has 0 fully saturated rings. The van der Waals surface area contributed by atoms with Crippen LogP contribution in [0.1, 0.15) is 5.56 Å². The molecule has 144 valence electrons. The molecule has 0 heterocycles. The molecule has 0 bridgehead atoms. The number of carbonyl (C=O) groups is 2. The van der Waals surface area contributed by atoms with Gasteiger partial charge in [0, 0.05) is 19.3 Å². The van der Waals surface area contributed by atoms with Gasteiger partial charge in [0.2, 0.25) is 11.8 Å².